The van der Waals surface area contributed by atoms with E-state index in [2.05, 4.69) is 99.9 Å². The lowest BCUT2D eigenvalue weighted by atomic mass is 10.1. The average Bonchev–Trinajstić information content (AvgIpc) is 2.93. The summed E-state index contributed by atoms with van der Waals surface area (Å²) < 4.78 is 7.42. The van der Waals surface area contributed by atoms with Crippen LogP contribution >= 0.6 is 90.4 Å². The molecule has 0 bridgehead atoms. The third-order valence-electron chi connectivity index (χ3n) is 3.65. The van der Waals surface area contributed by atoms with Gasteiger partial charge in [-0.25, -0.2) is 4.98 Å². The van der Waals surface area contributed by atoms with Crippen LogP contribution in [0.2, 0.25) is 0 Å². The van der Waals surface area contributed by atoms with E-state index in [-0.39, 0.29) is 5.91 Å². The maximum Gasteiger partial charge on any atom is 0.217 e. The summed E-state index contributed by atoms with van der Waals surface area (Å²) in [5.74, 6) is -0.191. The van der Waals surface area contributed by atoms with E-state index in [0.717, 1.165) is 37.7 Å². The molecule has 0 fully saturated rings. The van der Waals surface area contributed by atoms with Gasteiger partial charge in [0.2, 0.25) is 5.91 Å². The summed E-state index contributed by atoms with van der Waals surface area (Å²) in [7, 11) is 0. The zero-order chi connectivity index (χ0) is 17.0. The Morgan fingerprint density at radius 1 is 0.957 bits per heavy atom. The van der Waals surface area contributed by atoms with Crippen molar-refractivity contribution in [2.24, 2.45) is 5.73 Å². The molecule has 0 aliphatic carbocycles. The molecule has 126 valence electrons. The lowest BCUT2D eigenvalue weighted by Crippen LogP contribution is -2.09. The summed E-state index contributed by atoms with van der Waals surface area (Å²) in [6.45, 7) is 0.995. The minimum atomic E-state index is -0.191. The summed E-state index contributed by atoms with van der Waals surface area (Å²) in [6, 6.07) is 0. The van der Waals surface area contributed by atoms with Crippen LogP contribution in [-0.4, -0.2) is 15.5 Å². The van der Waals surface area contributed by atoms with Crippen LogP contribution in [0.1, 0.15) is 38.5 Å². The third kappa shape index (κ3) is 5.28. The van der Waals surface area contributed by atoms with Gasteiger partial charge in [-0.1, -0.05) is 19.3 Å². The zero-order valence-corrected chi connectivity index (χ0v) is 21.0. The van der Waals surface area contributed by atoms with Gasteiger partial charge in [0.15, 0.2) is 0 Å². The number of halogens is 4. The summed E-state index contributed by atoms with van der Waals surface area (Å²) >= 11 is 9.65. The van der Waals surface area contributed by atoms with Crippen LogP contribution in [0.25, 0.3) is 11.0 Å². The summed E-state index contributed by atoms with van der Waals surface area (Å²) in [4.78, 5) is 15.3. The first-order chi connectivity index (χ1) is 10.9. The number of aryl methyl sites for hydroxylation is 1. The Morgan fingerprint density at radius 2 is 1.57 bits per heavy atom. The molecule has 0 aliphatic rings. The van der Waals surface area contributed by atoms with Gasteiger partial charge in [-0.05, 0) is 103 Å². The van der Waals surface area contributed by atoms with E-state index >= 15 is 0 Å². The fourth-order valence-corrected chi connectivity index (χ4v) is 6.04. The van der Waals surface area contributed by atoms with E-state index in [4.69, 9.17) is 5.73 Å². The second-order valence-corrected chi connectivity index (χ2v) is 9.69. The SMILES string of the molecule is NC(=O)CCCCCCCn1cnc2c(I)c(I)c(I)c(I)c21. The first-order valence-corrected chi connectivity index (χ1v) is 11.7. The lowest BCUT2D eigenvalue weighted by molar-refractivity contribution is -0.118. The molecule has 2 rings (SSSR count). The number of fused-ring (bicyclic) bond motifs is 1. The number of carbonyl (C=O) groups excluding carboxylic acids is 1. The molecule has 0 unspecified atom stereocenters. The minimum absolute atomic E-state index is 0.191. The van der Waals surface area contributed by atoms with E-state index in [1.54, 1.807) is 0 Å². The molecule has 0 aliphatic heterocycles. The van der Waals surface area contributed by atoms with Crippen molar-refractivity contribution in [2.45, 2.75) is 45.1 Å². The molecule has 2 aromatic rings. The van der Waals surface area contributed by atoms with Crippen LogP contribution in [0.15, 0.2) is 6.33 Å². The third-order valence-corrected chi connectivity index (χ3v) is 11.0. The van der Waals surface area contributed by atoms with Gasteiger partial charge in [0.1, 0.15) is 5.52 Å². The fourth-order valence-electron chi connectivity index (χ4n) is 2.45. The number of benzene rings is 1. The number of aromatic nitrogens is 2. The number of imidazole rings is 1. The van der Waals surface area contributed by atoms with Gasteiger partial charge in [-0.2, -0.15) is 0 Å². The van der Waals surface area contributed by atoms with Gasteiger partial charge in [0.05, 0.1) is 19.0 Å². The van der Waals surface area contributed by atoms with Gasteiger partial charge >= 0.3 is 0 Å². The molecule has 1 heterocycles. The number of carbonyl (C=O) groups is 1. The molecule has 23 heavy (non-hydrogen) atoms. The molecule has 4 nitrogen and oxygen atoms in total. The second-order valence-electron chi connectivity index (χ2n) is 5.38. The molecular formula is C15H17I4N3O. The maximum atomic E-state index is 10.7. The van der Waals surface area contributed by atoms with E-state index < -0.39 is 0 Å². The first kappa shape index (κ1) is 20.4. The van der Waals surface area contributed by atoms with Crippen LogP contribution in [-0.2, 0) is 11.3 Å². The highest BCUT2D eigenvalue weighted by Gasteiger charge is 2.17. The number of hydrogen-bond donors (Lipinski definition) is 1. The van der Waals surface area contributed by atoms with Crippen LogP contribution in [0.5, 0.6) is 0 Å². The molecule has 1 aromatic carbocycles. The van der Waals surface area contributed by atoms with Crippen molar-refractivity contribution >= 4 is 107 Å². The van der Waals surface area contributed by atoms with Crippen molar-refractivity contribution in [2.75, 3.05) is 0 Å². The quantitative estimate of drug-likeness (QED) is 0.172. The Kier molecular flexibility index (Phi) is 8.59. The summed E-state index contributed by atoms with van der Waals surface area (Å²) in [6.07, 6.45) is 7.94. The molecule has 0 saturated heterocycles. The van der Waals surface area contributed by atoms with Crippen LogP contribution in [0.3, 0.4) is 0 Å². The first-order valence-electron chi connectivity index (χ1n) is 7.38. The van der Waals surface area contributed by atoms with Crippen molar-refractivity contribution < 1.29 is 4.79 Å². The van der Waals surface area contributed by atoms with Crippen molar-refractivity contribution in [1.82, 2.24) is 9.55 Å². The molecule has 0 spiro atoms. The highest BCUT2D eigenvalue weighted by Crippen LogP contribution is 2.34. The van der Waals surface area contributed by atoms with Gasteiger partial charge < -0.3 is 10.3 Å². The topological polar surface area (TPSA) is 60.9 Å². The predicted octanol–water partition coefficient (Wildman–Crippen LogP) is 5.28. The molecular weight excluding hydrogens is 746 g/mol. The smallest absolute Gasteiger partial charge is 0.217 e. The van der Waals surface area contributed by atoms with Crippen LogP contribution in [0.4, 0.5) is 0 Å². The van der Waals surface area contributed by atoms with Crippen LogP contribution in [0, 0.1) is 14.3 Å². The Hall–Kier alpha value is 1.08. The number of rotatable bonds is 8. The van der Waals surface area contributed by atoms with Crippen molar-refractivity contribution in [3.8, 4) is 0 Å². The van der Waals surface area contributed by atoms with Crippen molar-refractivity contribution in [3.63, 3.8) is 0 Å². The number of primary amides is 1. The molecule has 2 N–H and O–H groups in total. The normalized spacial score (nSPS) is 11.3. The highest BCUT2D eigenvalue weighted by atomic mass is 127. The molecule has 0 radical (unpaired) electrons. The van der Waals surface area contributed by atoms with E-state index in [1.165, 1.54) is 26.2 Å². The Balaban J connectivity index is 1.95. The minimum Gasteiger partial charge on any atom is -0.370 e. The van der Waals surface area contributed by atoms with E-state index in [1.807, 2.05) is 6.33 Å². The standard InChI is InChI=1S/C15H17I4N3O/c16-10-11(17)13(19)15-14(12(10)18)21-8-22(15)7-5-3-1-2-4-6-9(20)23/h8H,1-7H2,(H2,20,23). The van der Waals surface area contributed by atoms with E-state index in [0.29, 0.717) is 6.42 Å². The van der Waals surface area contributed by atoms with Gasteiger partial charge in [-0.3, -0.25) is 4.79 Å². The highest BCUT2D eigenvalue weighted by molar-refractivity contribution is 14.1. The average molecular weight is 763 g/mol. The van der Waals surface area contributed by atoms with Gasteiger partial charge in [0, 0.05) is 20.1 Å². The number of unbranched alkanes of at least 4 members (excludes halogenated alkanes) is 4. The second kappa shape index (κ2) is 9.69. The molecule has 1 aromatic heterocycles. The number of amides is 1. The number of nitrogens with two attached hydrogens (primary N) is 1. The maximum absolute atomic E-state index is 10.7. The fraction of sp³-hybridized carbons (Fsp3) is 0.467. The van der Waals surface area contributed by atoms with Gasteiger partial charge in [-0.15, -0.1) is 0 Å². The van der Waals surface area contributed by atoms with Crippen molar-refractivity contribution in [1.29, 1.82) is 0 Å². The molecule has 8 heteroatoms. The number of hydrogen-bond acceptors (Lipinski definition) is 2. The summed E-state index contributed by atoms with van der Waals surface area (Å²) in [5.41, 5.74) is 7.52. The van der Waals surface area contributed by atoms with Gasteiger partial charge in [0.25, 0.3) is 0 Å². The monoisotopic (exact) mass is 763 g/mol. The van der Waals surface area contributed by atoms with E-state index in [9.17, 15) is 4.79 Å². The molecule has 1 amide bonds. The Labute approximate surface area is 190 Å². The largest absolute Gasteiger partial charge is 0.370 e. The van der Waals surface area contributed by atoms with Crippen molar-refractivity contribution in [3.05, 3.63) is 20.6 Å². The Morgan fingerprint density at radius 3 is 2.26 bits per heavy atom. The van der Waals surface area contributed by atoms with Crippen LogP contribution < -0.4 is 5.73 Å². The molecule has 0 atom stereocenters. The zero-order valence-electron chi connectivity index (χ0n) is 12.4. The lowest BCUT2D eigenvalue weighted by Gasteiger charge is -2.09. The number of nitrogens with zero attached hydrogens (tertiary/aromatic N) is 2. The molecule has 0 saturated carbocycles. The Bertz CT molecular complexity index is 715. The summed E-state index contributed by atoms with van der Waals surface area (Å²) in [5, 5.41) is 0. The predicted molar refractivity (Wildman–Crippen MR) is 127 cm³/mol.